The molecule has 3 aromatic rings. The van der Waals surface area contributed by atoms with Gasteiger partial charge in [-0.2, -0.15) is 0 Å². The molecule has 2 nitrogen and oxygen atoms in total. The van der Waals surface area contributed by atoms with Crippen LogP contribution in [0.25, 0.3) is 10.8 Å². The summed E-state index contributed by atoms with van der Waals surface area (Å²) in [6.07, 6.45) is 3.66. The molecular weight excluding hydrogens is 251 g/mol. The maximum atomic E-state index is 13.2. The predicted molar refractivity (Wildman–Crippen MR) is 80.2 cm³/mol. The second-order valence-corrected chi connectivity index (χ2v) is 4.83. The minimum atomic E-state index is -0.174. The number of hydrogen-bond acceptors (Lipinski definition) is 2. The number of aromatic nitrogens is 1. The molecule has 0 aliphatic carbocycles. The number of halogens is 1. The van der Waals surface area contributed by atoms with Crippen molar-refractivity contribution in [2.24, 2.45) is 0 Å². The van der Waals surface area contributed by atoms with Crippen molar-refractivity contribution in [2.75, 3.05) is 5.32 Å². The number of aryl methyl sites for hydroxylation is 1. The predicted octanol–water partition coefficient (Wildman–Crippen LogP) is 4.29. The summed E-state index contributed by atoms with van der Waals surface area (Å²) in [4.78, 5) is 4.13. The van der Waals surface area contributed by atoms with Gasteiger partial charge in [-0.15, -0.1) is 0 Å². The van der Waals surface area contributed by atoms with E-state index in [9.17, 15) is 4.39 Å². The van der Waals surface area contributed by atoms with Crippen LogP contribution in [-0.2, 0) is 6.54 Å². The molecular formula is C17H15FN2. The Morgan fingerprint density at radius 2 is 2.05 bits per heavy atom. The topological polar surface area (TPSA) is 24.9 Å². The van der Waals surface area contributed by atoms with E-state index in [2.05, 4.69) is 16.4 Å². The Bertz CT molecular complexity index is 748. The molecule has 1 heterocycles. The van der Waals surface area contributed by atoms with Gasteiger partial charge >= 0.3 is 0 Å². The molecule has 3 heteroatoms. The molecule has 100 valence electrons. The molecule has 1 aromatic heterocycles. The van der Waals surface area contributed by atoms with Gasteiger partial charge in [-0.1, -0.05) is 18.2 Å². The molecule has 0 radical (unpaired) electrons. The van der Waals surface area contributed by atoms with Crippen molar-refractivity contribution < 1.29 is 4.39 Å². The summed E-state index contributed by atoms with van der Waals surface area (Å²) in [7, 11) is 0. The Hall–Kier alpha value is -2.42. The smallest absolute Gasteiger partial charge is 0.126 e. The van der Waals surface area contributed by atoms with Crippen LogP contribution >= 0.6 is 0 Å². The SMILES string of the molecule is Cc1cc(NCc2cccc3cnccc23)ccc1F. The molecule has 1 N–H and O–H groups in total. The van der Waals surface area contributed by atoms with E-state index in [1.807, 2.05) is 30.5 Å². The van der Waals surface area contributed by atoms with Crippen molar-refractivity contribution in [1.29, 1.82) is 0 Å². The van der Waals surface area contributed by atoms with Crippen LogP contribution in [0.4, 0.5) is 10.1 Å². The van der Waals surface area contributed by atoms with Crippen molar-refractivity contribution in [1.82, 2.24) is 4.98 Å². The second kappa shape index (κ2) is 5.29. The van der Waals surface area contributed by atoms with Crippen LogP contribution in [-0.4, -0.2) is 4.98 Å². The molecule has 3 rings (SSSR count). The van der Waals surface area contributed by atoms with Crippen molar-refractivity contribution in [3.8, 4) is 0 Å². The minimum Gasteiger partial charge on any atom is -0.381 e. The fourth-order valence-electron chi connectivity index (χ4n) is 2.30. The molecule has 0 aliphatic heterocycles. The zero-order valence-corrected chi connectivity index (χ0v) is 11.2. The van der Waals surface area contributed by atoms with Gasteiger partial charge in [-0.05, 0) is 47.7 Å². The van der Waals surface area contributed by atoms with Crippen LogP contribution in [0.5, 0.6) is 0 Å². The number of hydrogen-bond donors (Lipinski definition) is 1. The lowest BCUT2D eigenvalue weighted by molar-refractivity contribution is 0.618. The largest absolute Gasteiger partial charge is 0.381 e. The summed E-state index contributed by atoms with van der Waals surface area (Å²) in [5.74, 6) is -0.174. The molecule has 0 saturated heterocycles. The standard InChI is InChI=1S/C17H15FN2/c1-12-9-15(5-6-17(12)18)20-11-14-4-2-3-13-10-19-8-7-16(13)14/h2-10,20H,11H2,1H3. The van der Waals surface area contributed by atoms with E-state index in [0.717, 1.165) is 11.1 Å². The highest BCUT2D eigenvalue weighted by Gasteiger charge is 2.02. The Labute approximate surface area is 117 Å². The first-order chi connectivity index (χ1) is 9.74. The average Bonchev–Trinajstić information content (AvgIpc) is 2.48. The third-order valence-electron chi connectivity index (χ3n) is 3.41. The number of rotatable bonds is 3. The van der Waals surface area contributed by atoms with Crippen molar-refractivity contribution in [3.05, 3.63) is 71.8 Å². The first kappa shape index (κ1) is 12.6. The Kier molecular flexibility index (Phi) is 3.33. The third kappa shape index (κ3) is 2.48. The number of anilines is 1. The quantitative estimate of drug-likeness (QED) is 0.764. The molecule has 20 heavy (non-hydrogen) atoms. The van der Waals surface area contributed by atoms with Gasteiger partial charge in [-0.3, -0.25) is 4.98 Å². The average molecular weight is 266 g/mol. The Morgan fingerprint density at radius 3 is 2.90 bits per heavy atom. The monoisotopic (exact) mass is 266 g/mol. The third-order valence-corrected chi connectivity index (χ3v) is 3.41. The van der Waals surface area contributed by atoms with Crippen LogP contribution in [0.2, 0.25) is 0 Å². The minimum absolute atomic E-state index is 0.174. The highest BCUT2D eigenvalue weighted by Crippen LogP contribution is 2.20. The molecule has 0 fully saturated rings. The highest BCUT2D eigenvalue weighted by molar-refractivity contribution is 5.84. The van der Waals surface area contributed by atoms with E-state index in [4.69, 9.17) is 0 Å². The molecule has 0 saturated carbocycles. The summed E-state index contributed by atoms with van der Waals surface area (Å²) in [5.41, 5.74) is 2.78. The van der Waals surface area contributed by atoms with Crippen molar-refractivity contribution in [3.63, 3.8) is 0 Å². The van der Waals surface area contributed by atoms with E-state index in [0.29, 0.717) is 12.1 Å². The van der Waals surface area contributed by atoms with Gasteiger partial charge in [0.1, 0.15) is 5.82 Å². The Balaban J connectivity index is 1.85. The van der Waals surface area contributed by atoms with Crippen LogP contribution in [0.15, 0.2) is 54.9 Å². The number of nitrogens with zero attached hydrogens (tertiary/aromatic N) is 1. The zero-order chi connectivity index (χ0) is 13.9. The van der Waals surface area contributed by atoms with Crippen molar-refractivity contribution in [2.45, 2.75) is 13.5 Å². The van der Waals surface area contributed by atoms with E-state index >= 15 is 0 Å². The van der Waals surface area contributed by atoms with E-state index < -0.39 is 0 Å². The molecule has 0 amide bonds. The summed E-state index contributed by atoms with van der Waals surface area (Å²) in [5, 5.41) is 5.65. The summed E-state index contributed by atoms with van der Waals surface area (Å²) >= 11 is 0. The first-order valence-corrected chi connectivity index (χ1v) is 6.56. The van der Waals surface area contributed by atoms with Gasteiger partial charge < -0.3 is 5.32 Å². The maximum absolute atomic E-state index is 13.2. The van der Waals surface area contributed by atoms with E-state index in [1.165, 1.54) is 17.0 Å². The molecule has 0 aliphatic rings. The number of pyridine rings is 1. The Morgan fingerprint density at radius 1 is 1.15 bits per heavy atom. The highest BCUT2D eigenvalue weighted by atomic mass is 19.1. The van der Waals surface area contributed by atoms with E-state index in [-0.39, 0.29) is 5.82 Å². The fourth-order valence-corrected chi connectivity index (χ4v) is 2.30. The van der Waals surface area contributed by atoms with Gasteiger partial charge in [-0.25, -0.2) is 4.39 Å². The second-order valence-electron chi connectivity index (χ2n) is 4.83. The number of fused-ring (bicyclic) bond motifs is 1. The van der Waals surface area contributed by atoms with Gasteiger partial charge in [0.05, 0.1) is 0 Å². The van der Waals surface area contributed by atoms with Crippen LogP contribution in [0.3, 0.4) is 0 Å². The lowest BCUT2D eigenvalue weighted by Crippen LogP contribution is -2.00. The number of nitrogens with one attached hydrogen (secondary N) is 1. The molecule has 0 spiro atoms. The molecule has 2 aromatic carbocycles. The van der Waals surface area contributed by atoms with Crippen LogP contribution < -0.4 is 5.32 Å². The molecule has 0 unspecified atom stereocenters. The molecule has 0 bridgehead atoms. The van der Waals surface area contributed by atoms with Crippen LogP contribution in [0, 0.1) is 12.7 Å². The molecule has 0 atom stereocenters. The summed E-state index contributed by atoms with van der Waals surface area (Å²) in [6.45, 7) is 2.47. The van der Waals surface area contributed by atoms with E-state index in [1.54, 1.807) is 19.2 Å². The van der Waals surface area contributed by atoms with Gasteiger partial charge in [0.25, 0.3) is 0 Å². The number of benzene rings is 2. The lowest BCUT2D eigenvalue weighted by atomic mass is 10.1. The van der Waals surface area contributed by atoms with Gasteiger partial charge in [0.15, 0.2) is 0 Å². The van der Waals surface area contributed by atoms with Gasteiger partial charge in [0.2, 0.25) is 0 Å². The summed E-state index contributed by atoms with van der Waals surface area (Å²) < 4.78 is 13.2. The van der Waals surface area contributed by atoms with Crippen molar-refractivity contribution >= 4 is 16.5 Å². The normalized spacial score (nSPS) is 10.7. The fraction of sp³-hybridized carbons (Fsp3) is 0.118. The first-order valence-electron chi connectivity index (χ1n) is 6.56. The summed E-state index contributed by atoms with van der Waals surface area (Å²) in [6, 6.07) is 13.3. The maximum Gasteiger partial charge on any atom is 0.126 e. The van der Waals surface area contributed by atoms with Crippen LogP contribution in [0.1, 0.15) is 11.1 Å². The lowest BCUT2D eigenvalue weighted by Gasteiger charge is -2.10. The zero-order valence-electron chi connectivity index (χ0n) is 11.2. The van der Waals surface area contributed by atoms with Gasteiger partial charge in [0, 0.05) is 30.0 Å².